The minimum absolute atomic E-state index is 0.0419. The molecule has 2 aromatic rings. The molecule has 0 aromatic heterocycles. The van der Waals surface area contributed by atoms with Crippen LogP contribution in [0, 0.1) is 0 Å². The molecule has 242 valence electrons. The Kier molecular flexibility index (Phi) is 10.7. The molecular formula is C29H36F5N5O5. The lowest BCUT2D eigenvalue weighted by molar-refractivity contribution is -0.274. The maximum Gasteiger partial charge on any atom is 0.573 e. The third kappa shape index (κ3) is 10.7. The van der Waals surface area contributed by atoms with Crippen LogP contribution in [0.3, 0.4) is 0 Å². The molecule has 15 heteroatoms. The predicted molar refractivity (Wildman–Crippen MR) is 151 cm³/mol. The zero-order valence-corrected chi connectivity index (χ0v) is 24.4. The first-order valence-corrected chi connectivity index (χ1v) is 14.2. The Balaban J connectivity index is 1.33. The van der Waals surface area contributed by atoms with Crippen LogP contribution in [0.2, 0.25) is 0 Å². The molecule has 2 atom stereocenters. The molecule has 44 heavy (non-hydrogen) atoms. The monoisotopic (exact) mass is 629 g/mol. The van der Waals surface area contributed by atoms with Gasteiger partial charge in [-0.15, -0.1) is 13.2 Å². The third-order valence-electron chi connectivity index (χ3n) is 7.14. The van der Waals surface area contributed by atoms with Crippen molar-refractivity contribution < 1.29 is 45.8 Å². The average Bonchev–Trinajstić information content (AvgIpc) is 3.35. The highest BCUT2D eigenvalue weighted by molar-refractivity contribution is 5.97. The van der Waals surface area contributed by atoms with Crippen LogP contribution >= 0.6 is 0 Å². The van der Waals surface area contributed by atoms with Gasteiger partial charge in [0.2, 0.25) is 0 Å². The van der Waals surface area contributed by atoms with E-state index in [2.05, 4.69) is 35.2 Å². The lowest BCUT2D eigenvalue weighted by Gasteiger charge is -2.32. The first-order valence-electron chi connectivity index (χ1n) is 14.2. The zero-order chi connectivity index (χ0) is 31.9. The average molecular weight is 630 g/mol. The van der Waals surface area contributed by atoms with Crippen molar-refractivity contribution in [1.82, 2.24) is 20.4 Å². The number of rotatable bonds is 11. The number of hydrogen-bond acceptors (Lipinski definition) is 7. The van der Waals surface area contributed by atoms with Crippen molar-refractivity contribution in [3.05, 3.63) is 48.0 Å². The first-order chi connectivity index (χ1) is 20.7. The summed E-state index contributed by atoms with van der Waals surface area (Å²) in [5.74, 6) is -0.975. The second-order valence-electron chi connectivity index (χ2n) is 10.9. The molecule has 4 rings (SSSR count). The van der Waals surface area contributed by atoms with E-state index >= 15 is 0 Å². The third-order valence-corrected chi connectivity index (χ3v) is 7.14. The molecule has 1 aliphatic heterocycles. The molecule has 1 aliphatic carbocycles. The molecule has 3 N–H and O–H groups in total. The van der Waals surface area contributed by atoms with E-state index in [9.17, 15) is 31.5 Å². The van der Waals surface area contributed by atoms with Crippen molar-refractivity contribution in [3.8, 4) is 17.2 Å². The number of piperazine rings is 1. The van der Waals surface area contributed by atoms with Crippen molar-refractivity contribution in [2.24, 2.45) is 0 Å². The number of amides is 3. The summed E-state index contributed by atoms with van der Waals surface area (Å²) in [6, 6.07) is 7.86. The van der Waals surface area contributed by atoms with Crippen LogP contribution in [0.5, 0.6) is 17.2 Å². The van der Waals surface area contributed by atoms with Crippen molar-refractivity contribution >= 4 is 17.6 Å². The molecule has 1 heterocycles. The number of likely N-dealkylation sites (N-methyl/N-ethyl adjacent to an activating group) is 1. The number of nitrogens with one attached hydrogen (secondary N) is 3. The molecule has 2 unspecified atom stereocenters. The summed E-state index contributed by atoms with van der Waals surface area (Å²) in [6.07, 6.45) is -7.28. The molecule has 0 spiro atoms. The van der Waals surface area contributed by atoms with Gasteiger partial charge in [-0.3, -0.25) is 9.69 Å². The molecule has 0 radical (unpaired) electrons. The van der Waals surface area contributed by atoms with E-state index in [-0.39, 0.29) is 28.8 Å². The van der Waals surface area contributed by atoms with Gasteiger partial charge in [-0.2, -0.15) is 8.78 Å². The highest BCUT2D eigenvalue weighted by Gasteiger charge is 2.32. The van der Waals surface area contributed by atoms with Crippen LogP contribution in [-0.4, -0.2) is 92.7 Å². The van der Waals surface area contributed by atoms with Gasteiger partial charge in [0.1, 0.15) is 23.4 Å². The smallest absolute Gasteiger partial charge is 0.490 e. The molecule has 1 saturated carbocycles. The van der Waals surface area contributed by atoms with Crippen molar-refractivity contribution in [3.63, 3.8) is 0 Å². The number of benzene rings is 2. The Hall–Kier alpha value is -3.85. The topological polar surface area (TPSA) is 104 Å². The zero-order valence-electron chi connectivity index (χ0n) is 24.4. The standard InChI is InChI=1S/C29H36F5N5O5/c1-28(30,31)43-23-8-9-25(24(18-23)26(40)35-10-11-39-14-12-38(2)13-15-39)42-21-7-6-20(16-21)37-27(41)36-19-4-3-5-22(17-19)44-29(32,33)34/h3-5,8-9,17-18,20-21H,6-7,10-16H2,1-2H3,(H,35,40)(H2,36,37,41). The van der Waals surface area contributed by atoms with Gasteiger partial charge in [-0.1, -0.05) is 6.07 Å². The lowest BCUT2D eigenvalue weighted by atomic mass is 10.1. The SMILES string of the molecule is CN1CCN(CCNC(=O)c2cc(OC(C)(F)F)ccc2OC2CCC(NC(=O)Nc3cccc(OC(F)(F)F)c3)C2)CC1. The lowest BCUT2D eigenvalue weighted by Crippen LogP contribution is -2.46. The van der Waals surface area contributed by atoms with Gasteiger partial charge < -0.3 is 35.1 Å². The number of nitrogens with zero attached hydrogens (tertiary/aromatic N) is 2. The highest BCUT2D eigenvalue weighted by atomic mass is 19.4. The molecular weight excluding hydrogens is 593 g/mol. The van der Waals surface area contributed by atoms with E-state index in [1.165, 1.54) is 30.3 Å². The maximum atomic E-state index is 13.5. The molecule has 2 aliphatic rings. The predicted octanol–water partition coefficient (Wildman–Crippen LogP) is 4.68. The van der Waals surface area contributed by atoms with Gasteiger partial charge in [-0.25, -0.2) is 4.79 Å². The summed E-state index contributed by atoms with van der Waals surface area (Å²) in [4.78, 5) is 30.1. The van der Waals surface area contributed by atoms with E-state index in [1.54, 1.807) is 0 Å². The van der Waals surface area contributed by atoms with Crippen molar-refractivity contribution in [2.45, 2.75) is 50.8 Å². The van der Waals surface area contributed by atoms with Crippen molar-refractivity contribution in [2.75, 3.05) is 51.6 Å². The Morgan fingerprint density at radius 1 is 0.955 bits per heavy atom. The Morgan fingerprint density at radius 3 is 2.39 bits per heavy atom. The van der Waals surface area contributed by atoms with Crippen LogP contribution < -0.4 is 30.2 Å². The summed E-state index contributed by atoms with van der Waals surface area (Å²) in [7, 11) is 2.05. The van der Waals surface area contributed by atoms with Gasteiger partial charge in [0, 0.05) is 70.4 Å². The maximum absolute atomic E-state index is 13.5. The van der Waals surface area contributed by atoms with Gasteiger partial charge in [0.25, 0.3) is 5.91 Å². The number of hydrogen-bond donors (Lipinski definition) is 3. The Labute approximate surface area is 251 Å². The second-order valence-corrected chi connectivity index (χ2v) is 10.9. The summed E-state index contributed by atoms with van der Waals surface area (Å²) in [5, 5.41) is 8.08. The van der Waals surface area contributed by atoms with Crippen LogP contribution in [0.4, 0.5) is 32.4 Å². The van der Waals surface area contributed by atoms with E-state index in [4.69, 9.17) is 4.74 Å². The minimum Gasteiger partial charge on any atom is -0.490 e. The summed E-state index contributed by atoms with van der Waals surface area (Å²) in [5.41, 5.74) is 0.151. The van der Waals surface area contributed by atoms with Crippen molar-refractivity contribution in [1.29, 1.82) is 0 Å². The fourth-order valence-corrected chi connectivity index (χ4v) is 5.04. The fraction of sp³-hybridized carbons (Fsp3) is 0.517. The Bertz CT molecular complexity index is 1280. The highest BCUT2D eigenvalue weighted by Crippen LogP contribution is 2.32. The normalized spacial score (nSPS) is 19.7. The van der Waals surface area contributed by atoms with Gasteiger partial charge >= 0.3 is 18.5 Å². The van der Waals surface area contributed by atoms with E-state index in [0.717, 1.165) is 38.3 Å². The van der Waals surface area contributed by atoms with E-state index in [1.807, 2.05) is 7.05 Å². The van der Waals surface area contributed by atoms with E-state index < -0.39 is 36.3 Å². The molecule has 2 aromatic carbocycles. The first kappa shape index (κ1) is 33.1. The van der Waals surface area contributed by atoms with Gasteiger partial charge in [0.15, 0.2) is 0 Å². The number of ether oxygens (including phenoxy) is 3. The minimum atomic E-state index is -4.86. The number of halogens is 5. The van der Waals surface area contributed by atoms with Crippen LogP contribution in [0.25, 0.3) is 0 Å². The summed E-state index contributed by atoms with van der Waals surface area (Å²) >= 11 is 0. The molecule has 3 amide bonds. The Morgan fingerprint density at radius 2 is 1.68 bits per heavy atom. The van der Waals surface area contributed by atoms with E-state index in [0.29, 0.717) is 39.3 Å². The number of alkyl halides is 5. The van der Waals surface area contributed by atoms with Gasteiger partial charge in [-0.05, 0) is 50.2 Å². The number of anilines is 1. The fourth-order valence-electron chi connectivity index (χ4n) is 5.04. The molecule has 1 saturated heterocycles. The number of carbonyl (C=O) groups is 2. The largest absolute Gasteiger partial charge is 0.573 e. The number of carbonyl (C=O) groups excluding carboxylic acids is 2. The van der Waals surface area contributed by atoms with Crippen LogP contribution in [-0.2, 0) is 0 Å². The van der Waals surface area contributed by atoms with Crippen LogP contribution in [0.15, 0.2) is 42.5 Å². The molecule has 10 nitrogen and oxygen atoms in total. The quantitative estimate of drug-likeness (QED) is 0.311. The number of urea groups is 1. The molecule has 0 bridgehead atoms. The summed E-state index contributed by atoms with van der Waals surface area (Å²) in [6.45, 7) is 5.21. The second kappa shape index (κ2) is 14.3. The molecule has 2 fully saturated rings. The van der Waals surface area contributed by atoms with Gasteiger partial charge in [0.05, 0.1) is 5.56 Å². The van der Waals surface area contributed by atoms with Crippen LogP contribution in [0.1, 0.15) is 36.5 Å². The summed E-state index contributed by atoms with van der Waals surface area (Å²) < 4.78 is 79.2.